The van der Waals surface area contributed by atoms with Gasteiger partial charge in [-0.15, -0.1) is 0 Å². The molecule has 0 aromatic heterocycles. The fourth-order valence-electron chi connectivity index (χ4n) is 0.204. The Morgan fingerprint density at radius 3 is 1.88 bits per heavy atom. The monoisotopic (exact) mass is 293 g/mol. The van der Waals surface area contributed by atoms with Gasteiger partial charge < -0.3 is 9.90 Å². The Labute approximate surface area is 74.6 Å². The van der Waals surface area contributed by atoms with Crippen molar-refractivity contribution in [3.8, 4) is 0 Å². The Balaban J connectivity index is -0.000000125. The van der Waals surface area contributed by atoms with E-state index in [1.165, 1.54) is 0 Å². The minimum absolute atomic E-state index is 0. The summed E-state index contributed by atoms with van der Waals surface area (Å²) in [4.78, 5) is 9.49. The molecule has 0 saturated carbocycles. The van der Waals surface area contributed by atoms with Crippen molar-refractivity contribution in [1.82, 2.24) is 0 Å². The van der Waals surface area contributed by atoms with E-state index in [2.05, 4.69) is 0 Å². The molecule has 2 nitrogen and oxygen atoms in total. The quantitative estimate of drug-likeness (QED) is 0.646. The molecule has 0 aliphatic heterocycles. The third kappa shape index (κ3) is 15.9. The minimum atomic E-state index is -0.961. The molecule has 0 atom stereocenters. The smallest absolute Gasteiger partial charge is 0.550 e. The maximum absolute atomic E-state index is 9.49. The van der Waals surface area contributed by atoms with Gasteiger partial charge in [-0.2, -0.15) is 0 Å². The van der Waals surface area contributed by atoms with Gasteiger partial charge in [-0.3, -0.25) is 0 Å². The van der Waals surface area contributed by atoms with Crippen molar-refractivity contribution in [3.05, 3.63) is 0 Å². The van der Waals surface area contributed by atoms with Crippen LogP contribution in [0.4, 0.5) is 0 Å². The maximum Gasteiger partial charge on any atom is 2.00 e. The van der Waals surface area contributed by atoms with Crippen LogP contribution in [0.3, 0.4) is 0 Å². The first-order valence-electron chi connectivity index (χ1n) is 1.97. The van der Waals surface area contributed by atoms with Crippen LogP contribution in [0.2, 0.25) is 0 Å². The van der Waals surface area contributed by atoms with E-state index in [1.54, 1.807) is 6.92 Å². The second-order valence-corrected chi connectivity index (χ2v) is 1.12. The van der Waals surface area contributed by atoms with E-state index >= 15 is 0 Å². The average molecular weight is 293 g/mol. The van der Waals surface area contributed by atoms with E-state index in [4.69, 9.17) is 0 Å². The molecule has 0 heterocycles. The molecule has 0 N–H and O–H groups in total. The zero-order chi connectivity index (χ0) is 4.99. The van der Waals surface area contributed by atoms with Gasteiger partial charge in [0.1, 0.15) is 0 Å². The molecule has 2 radical (unpaired) electrons. The van der Waals surface area contributed by atoms with Crippen molar-refractivity contribution < 1.29 is 48.9 Å². The number of carbonyl (C=O) groups excluding carboxylic acids is 1. The van der Waals surface area contributed by atoms with Crippen LogP contribution >= 0.6 is 0 Å². The molecule has 0 aliphatic carbocycles. The van der Waals surface area contributed by atoms with Crippen LogP contribution in [0, 0.1) is 0 Å². The van der Waals surface area contributed by atoms with E-state index in [0.717, 1.165) is 0 Å². The third-order valence-electron chi connectivity index (χ3n) is 0.454. The summed E-state index contributed by atoms with van der Waals surface area (Å²) in [5, 5.41) is 9.49. The normalized spacial score (nSPS) is 6.12. The summed E-state index contributed by atoms with van der Waals surface area (Å²) in [6, 6.07) is 0. The molecule has 0 bridgehead atoms. The summed E-state index contributed by atoms with van der Waals surface area (Å²) in [6.07, 6.45) is 0.850. The van der Waals surface area contributed by atoms with Crippen molar-refractivity contribution >= 4 is 5.97 Å². The van der Waals surface area contributed by atoms with E-state index in [0.29, 0.717) is 6.42 Å². The first kappa shape index (κ1) is 15.9. The summed E-state index contributed by atoms with van der Waals surface area (Å²) < 4.78 is 0. The standard InChI is InChI=1S/C4H8O2.2Rh/c1-2-3-4(5)6;;/h2-3H2,1H3,(H,5,6);;/q;2*+2/p-1. The number of hydrogen-bond acceptors (Lipinski definition) is 2. The SMILES string of the molecule is CCCC(=O)[O-].[Rh+2].[Rh+2]. The second-order valence-electron chi connectivity index (χ2n) is 1.12. The van der Waals surface area contributed by atoms with E-state index < -0.39 is 5.97 Å². The second kappa shape index (κ2) is 10.7. The fraction of sp³-hybridized carbons (Fsp3) is 0.750. The van der Waals surface area contributed by atoms with Crippen LogP contribution in [0.5, 0.6) is 0 Å². The number of aliphatic carboxylic acids is 1. The summed E-state index contributed by atoms with van der Waals surface area (Å²) in [5.74, 6) is -0.961. The molecular weight excluding hydrogens is 286 g/mol. The van der Waals surface area contributed by atoms with Gasteiger partial charge in [-0.05, 0) is 6.42 Å². The molecule has 8 heavy (non-hydrogen) atoms. The Bertz CT molecular complexity index is 56.0. The van der Waals surface area contributed by atoms with E-state index in [9.17, 15) is 9.90 Å². The first-order chi connectivity index (χ1) is 2.77. The molecule has 0 spiro atoms. The van der Waals surface area contributed by atoms with Crippen molar-refractivity contribution in [3.63, 3.8) is 0 Å². The summed E-state index contributed by atoms with van der Waals surface area (Å²) in [5.41, 5.74) is 0. The van der Waals surface area contributed by atoms with Crippen molar-refractivity contribution in [1.29, 1.82) is 0 Å². The molecule has 0 amide bonds. The number of carboxylic acid groups (broad SMARTS) is 1. The Hall–Kier alpha value is 0.717. The van der Waals surface area contributed by atoms with Gasteiger partial charge in [0.25, 0.3) is 0 Å². The predicted octanol–water partition coefficient (Wildman–Crippen LogP) is -0.469. The van der Waals surface area contributed by atoms with E-state index in [1.807, 2.05) is 0 Å². The summed E-state index contributed by atoms with van der Waals surface area (Å²) in [7, 11) is 0. The molecule has 0 aromatic rings. The summed E-state index contributed by atoms with van der Waals surface area (Å²) >= 11 is 0. The predicted molar refractivity (Wildman–Crippen MR) is 19.9 cm³/mol. The molecule has 0 fully saturated rings. The van der Waals surface area contributed by atoms with Gasteiger partial charge in [0.2, 0.25) is 0 Å². The zero-order valence-electron chi connectivity index (χ0n) is 4.40. The Morgan fingerprint density at radius 2 is 1.88 bits per heavy atom. The van der Waals surface area contributed by atoms with Gasteiger partial charge >= 0.3 is 39.0 Å². The van der Waals surface area contributed by atoms with Crippen molar-refractivity contribution in [2.45, 2.75) is 19.8 Å². The molecular formula is C4H7O2Rh2+3. The van der Waals surface area contributed by atoms with Gasteiger partial charge in [0.15, 0.2) is 0 Å². The topological polar surface area (TPSA) is 40.1 Å². The Kier molecular flexibility index (Phi) is 21.1. The largest absolute Gasteiger partial charge is 2.00 e. The average Bonchev–Trinajstić information content (AvgIpc) is 1.35. The van der Waals surface area contributed by atoms with Crippen LogP contribution in [0.25, 0.3) is 0 Å². The number of carboxylic acids is 1. The van der Waals surface area contributed by atoms with Crippen LogP contribution < -0.4 is 5.11 Å². The summed E-state index contributed by atoms with van der Waals surface area (Å²) in [6.45, 7) is 1.80. The number of carbonyl (C=O) groups is 1. The third-order valence-corrected chi connectivity index (χ3v) is 0.454. The maximum atomic E-state index is 9.49. The Morgan fingerprint density at radius 1 is 1.50 bits per heavy atom. The first-order valence-corrected chi connectivity index (χ1v) is 1.97. The molecule has 0 aliphatic rings. The van der Waals surface area contributed by atoms with E-state index in [-0.39, 0.29) is 45.4 Å². The van der Waals surface area contributed by atoms with Crippen LogP contribution in [-0.4, -0.2) is 5.97 Å². The minimum Gasteiger partial charge on any atom is -0.550 e. The van der Waals surface area contributed by atoms with Crippen LogP contribution in [0.15, 0.2) is 0 Å². The number of hydrogen-bond donors (Lipinski definition) is 0. The molecule has 4 heteroatoms. The van der Waals surface area contributed by atoms with Gasteiger partial charge in [0.05, 0.1) is 0 Å². The fourth-order valence-corrected chi connectivity index (χ4v) is 0.204. The number of rotatable bonds is 2. The van der Waals surface area contributed by atoms with Gasteiger partial charge in [-0.1, -0.05) is 13.3 Å². The van der Waals surface area contributed by atoms with Gasteiger partial charge in [0, 0.05) is 5.97 Å². The molecule has 50 valence electrons. The van der Waals surface area contributed by atoms with Crippen LogP contribution in [0.1, 0.15) is 19.8 Å². The molecule has 0 saturated heterocycles. The molecule has 0 aromatic carbocycles. The van der Waals surface area contributed by atoms with Crippen molar-refractivity contribution in [2.75, 3.05) is 0 Å². The van der Waals surface area contributed by atoms with Crippen molar-refractivity contribution in [2.24, 2.45) is 0 Å². The molecule has 0 rings (SSSR count). The van der Waals surface area contributed by atoms with Gasteiger partial charge in [-0.25, -0.2) is 0 Å². The molecule has 0 unspecified atom stereocenters. The van der Waals surface area contributed by atoms with Crippen LogP contribution in [-0.2, 0) is 43.8 Å². The zero-order valence-corrected chi connectivity index (χ0v) is 7.67.